The molecule has 0 spiro atoms. The second-order valence-corrected chi connectivity index (χ2v) is 7.02. The predicted octanol–water partition coefficient (Wildman–Crippen LogP) is 3.48. The number of hydrogen-bond donors (Lipinski definition) is 0. The molecule has 2 heterocycles. The summed E-state index contributed by atoms with van der Waals surface area (Å²) in [7, 11) is 0. The minimum Gasteiger partial charge on any atom is -0.488 e. The molecule has 3 rings (SSSR count). The number of piperidine rings is 1. The number of likely N-dealkylation sites (tertiary alicyclic amines) is 1. The van der Waals surface area contributed by atoms with Crippen molar-refractivity contribution in [1.82, 2.24) is 4.90 Å². The standard InChI is InChI=1S/C17H23NO3/c1-11-5-6-14-13(9-11)12-7-8-18(10-15(12)20-14)16(19)21-17(2,3)4/h5-6,9,12,15H,7-8,10H2,1-4H3. The van der Waals surface area contributed by atoms with Crippen LogP contribution in [0.5, 0.6) is 5.75 Å². The average molecular weight is 289 g/mol. The third-order valence-corrected chi connectivity index (χ3v) is 4.05. The first-order chi connectivity index (χ1) is 9.83. The highest BCUT2D eigenvalue weighted by Gasteiger charge is 2.40. The van der Waals surface area contributed by atoms with Crippen LogP contribution in [0.1, 0.15) is 44.2 Å². The van der Waals surface area contributed by atoms with E-state index in [1.165, 1.54) is 11.1 Å². The predicted molar refractivity (Wildman–Crippen MR) is 80.8 cm³/mol. The Balaban J connectivity index is 1.71. The molecule has 1 amide bonds. The Labute approximate surface area is 126 Å². The summed E-state index contributed by atoms with van der Waals surface area (Å²) >= 11 is 0. The van der Waals surface area contributed by atoms with E-state index in [0.29, 0.717) is 12.5 Å². The van der Waals surface area contributed by atoms with Crippen molar-refractivity contribution in [3.05, 3.63) is 29.3 Å². The fourth-order valence-electron chi connectivity index (χ4n) is 3.11. The van der Waals surface area contributed by atoms with Crippen molar-refractivity contribution < 1.29 is 14.3 Å². The van der Waals surface area contributed by atoms with E-state index in [0.717, 1.165) is 18.7 Å². The van der Waals surface area contributed by atoms with Gasteiger partial charge in [0, 0.05) is 18.0 Å². The van der Waals surface area contributed by atoms with Crippen LogP contribution < -0.4 is 4.74 Å². The Morgan fingerprint density at radius 1 is 1.38 bits per heavy atom. The summed E-state index contributed by atoms with van der Waals surface area (Å²) in [6, 6.07) is 6.33. The summed E-state index contributed by atoms with van der Waals surface area (Å²) in [4.78, 5) is 13.9. The summed E-state index contributed by atoms with van der Waals surface area (Å²) in [6.07, 6.45) is 0.750. The highest BCUT2D eigenvalue weighted by molar-refractivity contribution is 5.68. The van der Waals surface area contributed by atoms with E-state index in [4.69, 9.17) is 9.47 Å². The van der Waals surface area contributed by atoms with Crippen LogP contribution in [-0.4, -0.2) is 35.8 Å². The Hall–Kier alpha value is -1.71. The van der Waals surface area contributed by atoms with Gasteiger partial charge in [-0.25, -0.2) is 4.79 Å². The van der Waals surface area contributed by atoms with Gasteiger partial charge in [0.25, 0.3) is 0 Å². The van der Waals surface area contributed by atoms with Gasteiger partial charge in [-0.1, -0.05) is 17.7 Å². The SMILES string of the molecule is Cc1ccc2c(c1)C1CCN(C(=O)OC(C)(C)C)CC1O2. The Morgan fingerprint density at radius 3 is 2.86 bits per heavy atom. The average Bonchev–Trinajstić information content (AvgIpc) is 2.73. The largest absolute Gasteiger partial charge is 0.488 e. The Morgan fingerprint density at radius 2 is 2.14 bits per heavy atom. The van der Waals surface area contributed by atoms with Crippen molar-refractivity contribution in [3.63, 3.8) is 0 Å². The molecule has 0 N–H and O–H groups in total. The molecule has 114 valence electrons. The Kier molecular flexibility index (Phi) is 3.34. The molecule has 1 fully saturated rings. The molecule has 2 atom stereocenters. The first-order valence-corrected chi connectivity index (χ1v) is 7.58. The van der Waals surface area contributed by atoms with Gasteiger partial charge in [0.15, 0.2) is 0 Å². The van der Waals surface area contributed by atoms with Gasteiger partial charge in [-0.05, 0) is 40.2 Å². The number of ether oxygens (including phenoxy) is 2. The maximum absolute atomic E-state index is 12.2. The van der Waals surface area contributed by atoms with Gasteiger partial charge < -0.3 is 14.4 Å². The maximum atomic E-state index is 12.2. The van der Waals surface area contributed by atoms with Crippen LogP contribution in [0, 0.1) is 6.92 Å². The molecular weight excluding hydrogens is 266 g/mol. The quantitative estimate of drug-likeness (QED) is 0.734. The van der Waals surface area contributed by atoms with E-state index in [-0.39, 0.29) is 12.2 Å². The first kappa shape index (κ1) is 14.2. The van der Waals surface area contributed by atoms with Crippen molar-refractivity contribution in [2.24, 2.45) is 0 Å². The van der Waals surface area contributed by atoms with Crippen LogP contribution >= 0.6 is 0 Å². The smallest absolute Gasteiger partial charge is 0.410 e. The van der Waals surface area contributed by atoms with Crippen molar-refractivity contribution >= 4 is 6.09 Å². The second kappa shape index (κ2) is 4.93. The lowest BCUT2D eigenvalue weighted by Crippen LogP contribution is -2.47. The van der Waals surface area contributed by atoms with Gasteiger partial charge >= 0.3 is 6.09 Å². The lowest BCUT2D eigenvalue weighted by molar-refractivity contribution is 0.00790. The number of carbonyl (C=O) groups excluding carboxylic acids is 1. The molecule has 0 aromatic heterocycles. The molecule has 2 aliphatic rings. The lowest BCUT2D eigenvalue weighted by Gasteiger charge is -2.35. The van der Waals surface area contributed by atoms with Crippen LogP contribution in [0.15, 0.2) is 18.2 Å². The molecule has 4 nitrogen and oxygen atoms in total. The second-order valence-electron chi connectivity index (χ2n) is 7.02. The zero-order valence-electron chi connectivity index (χ0n) is 13.2. The lowest BCUT2D eigenvalue weighted by atomic mass is 9.88. The van der Waals surface area contributed by atoms with Crippen molar-refractivity contribution in [2.45, 2.75) is 51.7 Å². The van der Waals surface area contributed by atoms with Crippen LogP contribution in [0.4, 0.5) is 4.79 Å². The van der Waals surface area contributed by atoms with Gasteiger partial charge in [0.2, 0.25) is 0 Å². The number of amides is 1. The molecular formula is C17H23NO3. The molecule has 0 radical (unpaired) electrons. The summed E-state index contributed by atoms with van der Waals surface area (Å²) in [5.41, 5.74) is 2.10. The molecule has 0 saturated carbocycles. The van der Waals surface area contributed by atoms with Crippen molar-refractivity contribution in [1.29, 1.82) is 0 Å². The zero-order chi connectivity index (χ0) is 15.2. The van der Waals surface area contributed by atoms with Crippen LogP contribution in [0.3, 0.4) is 0 Å². The van der Waals surface area contributed by atoms with Gasteiger partial charge in [-0.2, -0.15) is 0 Å². The van der Waals surface area contributed by atoms with E-state index in [1.807, 2.05) is 26.8 Å². The highest BCUT2D eigenvalue weighted by atomic mass is 16.6. The first-order valence-electron chi connectivity index (χ1n) is 7.58. The summed E-state index contributed by atoms with van der Waals surface area (Å²) in [6.45, 7) is 9.11. The molecule has 2 aliphatic heterocycles. The molecule has 1 aromatic carbocycles. The Bertz CT molecular complexity index is 562. The van der Waals surface area contributed by atoms with Crippen molar-refractivity contribution in [3.8, 4) is 5.75 Å². The highest BCUT2D eigenvalue weighted by Crippen LogP contribution is 2.43. The molecule has 0 bridgehead atoms. The maximum Gasteiger partial charge on any atom is 0.410 e. The van der Waals surface area contributed by atoms with E-state index >= 15 is 0 Å². The van der Waals surface area contributed by atoms with Gasteiger partial charge in [-0.3, -0.25) is 0 Å². The number of carbonyl (C=O) groups is 1. The third-order valence-electron chi connectivity index (χ3n) is 4.05. The minimum atomic E-state index is -0.454. The number of fused-ring (bicyclic) bond motifs is 3. The topological polar surface area (TPSA) is 38.8 Å². The van der Waals surface area contributed by atoms with Crippen LogP contribution in [0.2, 0.25) is 0 Å². The fraction of sp³-hybridized carbons (Fsp3) is 0.588. The summed E-state index contributed by atoms with van der Waals surface area (Å²) < 4.78 is 11.5. The normalized spacial score (nSPS) is 24.1. The number of benzene rings is 1. The molecule has 4 heteroatoms. The monoisotopic (exact) mass is 289 g/mol. The van der Waals surface area contributed by atoms with E-state index in [1.54, 1.807) is 4.90 Å². The summed E-state index contributed by atoms with van der Waals surface area (Å²) in [5, 5.41) is 0. The summed E-state index contributed by atoms with van der Waals surface area (Å²) in [5.74, 6) is 1.38. The fourth-order valence-corrected chi connectivity index (χ4v) is 3.11. The minimum absolute atomic E-state index is 0.0584. The van der Waals surface area contributed by atoms with Crippen molar-refractivity contribution in [2.75, 3.05) is 13.1 Å². The molecule has 2 unspecified atom stereocenters. The number of nitrogens with zero attached hydrogens (tertiary/aromatic N) is 1. The molecule has 1 aromatic rings. The zero-order valence-corrected chi connectivity index (χ0v) is 13.2. The van der Waals surface area contributed by atoms with Crippen LogP contribution in [-0.2, 0) is 4.74 Å². The third kappa shape index (κ3) is 2.85. The van der Waals surface area contributed by atoms with E-state index in [2.05, 4.69) is 19.1 Å². The van der Waals surface area contributed by atoms with Gasteiger partial charge in [-0.15, -0.1) is 0 Å². The van der Waals surface area contributed by atoms with E-state index in [9.17, 15) is 4.79 Å². The molecule has 0 aliphatic carbocycles. The number of hydrogen-bond acceptors (Lipinski definition) is 3. The number of rotatable bonds is 0. The van der Waals surface area contributed by atoms with E-state index < -0.39 is 5.60 Å². The molecule has 21 heavy (non-hydrogen) atoms. The van der Waals surface area contributed by atoms with Gasteiger partial charge in [0.1, 0.15) is 17.5 Å². The molecule has 1 saturated heterocycles. The van der Waals surface area contributed by atoms with Crippen LogP contribution in [0.25, 0.3) is 0 Å². The van der Waals surface area contributed by atoms with Gasteiger partial charge in [0.05, 0.1) is 6.54 Å². The number of aryl methyl sites for hydroxylation is 1.